The number of imidazole rings is 1. The van der Waals surface area contributed by atoms with Crippen LogP contribution in [0.1, 0.15) is 24.4 Å². The molecule has 0 radical (unpaired) electrons. The Morgan fingerprint density at radius 3 is 2.79 bits per heavy atom. The number of hydrogen-bond acceptors (Lipinski definition) is 3. The molecule has 3 N–H and O–H groups in total. The van der Waals surface area contributed by atoms with Crippen LogP contribution < -0.4 is 11.3 Å². The van der Waals surface area contributed by atoms with E-state index >= 15 is 0 Å². The molecule has 0 spiro atoms. The van der Waals surface area contributed by atoms with E-state index in [1.807, 2.05) is 17.7 Å². The van der Waals surface area contributed by atoms with Crippen LogP contribution in [0.5, 0.6) is 0 Å². The van der Waals surface area contributed by atoms with Gasteiger partial charge < -0.3 is 4.57 Å². The summed E-state index contributed by atoms with van der Waals surface area (Å²) in [5.41, 5.74) is 3.20. The van der Waals surface area contributed by atoms with Gasteiger partial charge in [-0.2, -0.15) is 0 Å². The average molecular weight is 266 g/mol. The van der Waals surface area contributed by atoms with E-state index in [1.165, 1.54) is 6.07 Å². The molecule has 0 aliphatic rings. The van der Waals surface area contributed by atoms with Gasteiger partial charge in [-0.05, 0) is 24.6 Å². The fraction of sp³-hybridized carbons (Fsp3) is 0.308. The predicted octanol–water partition coefficient (Wildman–Crippen LogP) is 1.93. The molecule has 102 valence electrons. The summed E-state index contributed by atoms with van der Waals surface area (Å²) in [6, 6.07) is 3.45. The Bertz CT molecular complexity index is 553. The highest BCUT2D eigenvalue weighted by Gasteiger charge is 2.15. The normalized spacial score (nSPS) is 12.6. The highest BCUT2D eigenvalue weighted by atomic mass is 19.2. The minimum atomic E-state index is -0.878. The van der Waals surface area contributed by atoms with Gasteiger partial charge in [-0.1, -0.05) is 6.07 Å². The third-order valence-corrected chi connectivity index (χ3v) is 3.08. The minimum Gasteiger partial charge on any atom is -0.335 e. The zero-order valence-electron chi connectivity index (χ0n) is 10.6. The van der Waals surface area contributed by atoms with Crippen LogP contribution in [-0.2, 0) is 13.0 Å². The number of benzene rings is 1. The number of rotatable bonds is 5. The highest BCUT2D eigenvalue weighted by Crippen LogP contribution is 2.19. The SMILES string of the molecule is CCn1ccnc1CC(NN)c1ccc(F)c(F)c1. The summed E-state index contributed by atoms with van der Waals surface area (Å²) >= 11 is 0. The minimum absolute atomic E-state index is 0.317. The quantitative estimate of drug-likeness (QED) is 0.642. The molecule has 1 atom stereocenters. The number of hydrazine groups is 1. The number of hydrogen-bond donors (Lipinski definition) is 2. The smallest absolute Gasteiger partial charge is 0.159 e. The van der Waals surface area contributed by atoms with Crippen molar-refractivity contribution in [2.45, 2.75) is 25.9 Å². The molecule has 2 rings (SSSR count). The molecule has 0 amide bonds. The highest BCUT2D eigenvalue weighted by molar-refractivity contribution is 5.22. The van der Waals surface area contributed by atoms with Crippen LogP contribution in [0.3, 0.4) is 0 Å². The lowest BCUT2D eigenvalue weighted by molar-refractivity contribution is 0.491. The summed E-state index contributed by atoms with van der Waals surface area (Å²) in [6.07, 6.45) is 4.08. The standard InChI is InChI=1S/C13H16F2N4/c1-2-19-6-5-17-13(19)8-12(18-16)9-3-4-10(14)11(15)7-9/h3-7,12,18H,2,8,16H2,1H3. The van der Waals surface area contributed by atoms with Crippen LogP contribution in [0.25, 0.3) is 0 Å². The van der Waals surface area contributed by atoms with Gasteiger partial charge in [0.25, 0.3) is 0 Å². The Morgan fingerprint density at radius 2 is 2.16 bits per heavy atom. The zero-order chi connectivity index (χ0) is 13.8. The summed E-state index contributed by atoms with van der Waals surface area (Å²) in [5, 5.41) is 0. The molecule has 19 heavy (non-hydrogen) atoms. The molecule has 0 aliphatic carbocycles. The maximum absolute atomic E-state index is 13.2. The molecule has 0 aliphatic heterocycles. The van der Waals surface area contributed by atoms with Crippen LogP contribution in [0.4, 0.5) is 8.78 Å². The number of aromatic nitrogens is 2. The Morgan fingerprint density at radius 1 is 1.37 bits per heavy atom. The third-order valence-electron chi connectivity index (χ3n) is 3.08. The van der Waals surface area contributed by atoms with Crippen LogP contribution in [0.15, 0.2) is 30.6 Å². The molecule has 0 saturated carbocycles. The molecule has 2 aromatic rings. The molecule has 0 saturated heterocycles. The number of aryl methyl sites for hydroxylation is 1. The van der Waals surface area contributed by atoms with Crippen LogP contribution in [0, 0.1) is 11.6 Å². The first-order valence-electron chi connectivity index (χ1n) is 6.06. The van der Waals surface area contributed by atoms with Crippen molar-refractivity contribution < 1.29 is 8.78 Å². The number of nitrogens with two attached hydrogens (primary N) is 1. The first-order chi connectivity index (χ1) is 9.15. The largest absolute Gasteiger partial charge is 0.335 e. The molecule has 0 fully saturated rings. The molecular formula is C13H16F2N4. The van der Waals surface area contributed by atoms with Crippen molar-refractivity contribution in [1.29, 1.82) is 0 Å². The molecule has 1 aromatic heterocycles. The molecular weight excluding hydrogens is 250 g/mol. The molecule has 1 heterocycles. The number of nitrogens with zero attached hydrogens (tertiary/aromatic N) is 2. The summed E-state index contributed by atoms with van der Waals surface area (Å²) in [7, 11) is 0. The fourth-order valence-electron chi connectivity index (χ4n) is 2.00. The first-order valence-corrected chi connectivity index (χ1v) is 6.06. The maximum Gasteiger partial charge on any atom is 0.159 e. The predicted molar refractivity (Wildman–Crippen MR) is 68.0 cm³/mol. The van der Waals surface area contributed by atoms with E-state index in [4.69, 9.17) is 5.84 Å². The Balaban J connectivity index is 2.22. The van der Waals surface area contributed by atoms with Crippen LogP contribution >= 0.6 is 0 Å². The van der Waals surface area contributed by atoms with E-state index in [0.717, 1.165) is 24.5 Å². The van der Waals surface area contributed by atoms with Crippen molar-refractivity contribution in [3.63, 3.8) is 0 Å². The summed E-state index contributed by atoms with van der Waals surface area (Å²) in [6.45, 7) is 2.80. The summed E-state index contributed by atoms with van der Waals surface area (Å²) in [5.74, 6) is 4.60. The summed E-state index contributed by atoms with van der Waals surface area (Å²) in [4.78, 5) is 4.24. The second-order valence-electron chi connectivity index (χ2n) is 4.23. The Hall–Kier alpha value is -1.79. The van der Waals surface area contributed by atoms with E-state index in [2.05, 4.69) is 10.4 Å². The van der Waals surface area contributed by atoms with Gasteiger partial charge >= 0.3 is 0 Å². The van der Waals surface area contributed by atoms with Crippen molar-refractivity contribution in [2.24, 2.45) is 5.84 Å². The molecule has 6 heteroatoms. The lowest BCUT2D eigenvalue weighted by Gasteiger charge is -2.16. The third kappa shape index (κ3) is 2.97. The van der Waals surface area contributed by atoms with Gasteiger partial charge in [-0.3, -0.25) is 11.3 Å². The van der Waals surface area contributed by atoms with Gasteiger partial charge in [-0.25, -0.2) is 13.8 Å². The van der Waals surface area contributed by atoms with E-state index in [1.54, 1.807) is 6.20 Å². The van der Waals surface area contributed by atoms with E-state index in [9.17, 15) is 8.78 Å². The summed E-state index contributed by atoms with van der Waals surface area (Å²) < 4.78 is 28.1. The molecule has 1 aromatic carbocycles. The lowest BCUT2D eigenvalue weighted by atomic mass is 10.0. The van der Waals surface area contributed by atoms with Gasteiger partial charge in [0.15, 0.2) is 11.6 Å². The van der Waals surface area contributed by atoms with Crippen molar-refractivity contribution in [3.8, 4) is 0 Å². The van der Waals surface area contributed by atoms with Crippen molar-refractivity contribution in [1.82, 2.24) is 15.0 Å². The Kier molecular flexibility index (Phi) is 4.24. The fourth-order valence-corrected chi connectivity index (χ4v) is 2.00. The number of nitrogens with one attached hydrogen (secondary N) is 1. The molecule has 1 unspecified atom stereocenters. The van der Waals surface area contributed by atoms with Gasteiger partial charge in [-0.15, -0.1) is 0 Å². The topological polar surface area (TPSA) is 55.9 Å². The van der Waals surface area contributed by atoms with Gasteiger partial charge in [0.05, 0.1) is 6.04 Å². The van der Waals surface area contributed by atoms with Gasteiger partial charge in [0.2, 0.25) is 0 Å². The average Bonchev–Trinajstić information content (AvgIpc) is 2.86. The maximum atomic E-state index is 13.2. The monoisotopic (exact) mass is 266 g/mol. The van der Waals surface area contributed by atoms with E-state index in [0.29, 0.717) is 12.0 Å². The second-order valence-corrected chi connectivity index (χ2v) is 4.23. The van der Waals surface area contributed by atoms with Gasteiger partial charge in [0.1, 0.15) is 5.82 Å². The van der Waals surface area contributed by atoms with Gasteiger partial charge in [0, 0.05) is 25.4 Å². The van der Waals surface area contributed by atoms with E-state index < -0.39 is 11.6 Å². The van der Waals surface area contributed by atoms with Crippen molar-refractivity contribution in [2.75, 3.05) is 0 Å². The first kappa shape index (κ1) is 13.6. The van der Waals surface area contributed by atoms with Crippen LogP contribution in [0.2, 0.25) is 0 Å². The van der Waals surface area contributed by atoms with E-state index in [-0.39, 0.29) is 6.04 Å². The Labute approximate surface area is 110 Å². The zero-order valence-corrected chi connectivity index (χ0v) is 10.6. The number of halogens is 2. The second kappa shape index (κ2) is 5.90. The molecule has 0 bridgehead atoms. The van der Waals surface area contributed by atoms with Crippen LogP contribution in [-0.4, -0.2) is 9.55 Å². The lowest BCUT2D eigenvalue weighted by Crippen LogP contribution is -2.30. The molecule has 4 nitrogen and oxygen atoms in total. The van der Waals surface area contributed by atoms with Crippen molar-refractivity contribution >= 4 is 0 Å². The van der Waals surface area contributed by atoms with Crippen molar-refractivity contribution in [3.05, 3.63) is 53.6 Å².